The molecular weight excluding hydrogens is 216 g/mol. The first-order valence-corrected chi connectivity index (χ1v) is 5.74. The molecule has 1 aliphatic carbocycles. The summed E-state index contributed by atoms with van der Waals surface area (Å²) >= 11 is 0. The molecule has 1 fully saturated rings. The van der Waals surface area contributed by atoms with Crippen LogP contribution in [0.3, 0.4) is 0 Å². The second kappa shape index (κ2) is 5.57. The molecule has 0 aromatic carbocycles. The van der Waals surface area contributed by atoms with Gasteiger partial charge in [-0.3, -0.25) is 4.79 Å². The summed E-state index contributed by atoms with van der Waals surface area (Å²) in [6.45, 7) is 2.01. The van der Waals surface area contributed by atoms with Crippen LogP contribution in [0.15, 0.2) is 0 Å². The number of carbonyl (C=O) groups is 1. The highest BCUT2D eigenvalue weighted by Gasteiger charge is 2.35. The van der Waals surface area contributed by atoms with E-state index in [-0.39, 0.29) is 18.8 Å². The lowest BCUT2D eigenvalue weighted by atomic mass is 9.83. The van der Waals surface area contributed by atoms with E-state index >= 15 is 0 Å². The van der Waals surface area contributed by atoms with Crippen molar-refractivity contribution in [2.45, 2.75) is 51.0 Å². The first kappa shape index (κ1) is 13.4. The number of ether oxygens (including phenoxy) is 1. The number of hydrogen-bond donors (Lipinski definition) is 1. The predicted octanol–water partition coefficient (Wildman–Crippen LogP) is 2.09. The Hall–Kier alpha value is -0.710. The molecule has 0 saturated heterocycles. The summed E-state index contributed by atoms with van der Waals surface area (Å²) in [6, 6.07) is -0.670. The number of nitrogens with two attached hydrogens (primary N) is 1. The average molecular weight is 235 g/mol. The molecule has 0 aliphatic heterocycles. The third-order valence-corrected chi connectivity index (χ3v) is 3.01. The average Bonchev–Trinajstić information content (AvgIpc) is 2.21. The fraction of sp³-hybridized carbons (Fsp3) is 0.909. The van der Waals surface area contributed by atoms with Gasteiger partial charge in [0.05, 0.1) is 6.61 Å². The second-order valence-corrected chi connectivity index (χ2v) is 4.39. The van der Waals surface area contributed by atoms with E-state index in [2.05, 4.69) is 0 Å². The Morgan fingerprint density at radius 1 is 1.50 bits per heavy atom. The molecule has 0 amide bonds. The van der Waals surface area contributed by atoms with Crippen LogP contribution >= 0.6 is 0 Å². The van der Waals surface area contributed by atoms with Gasteiger partial charge in [0, 0.05) is 12.8 Å². The topological polar surface area (TPSA) is 52.3 Å². The fourth-order valence-electron chi connectivity index (χ4n) is 2.04. The minimum absolute atomic E-state index is 0.0901. The van der Waals surface area contributed by atoms with Gasteiger partial charge in [-0.1, -0.05) is 0 Å². The lowest BCUT2D eigenvalue weighted by molar-refractivity contribution is -0.145. The van der Waals surface area contributed by atoms with Gasteiger partial charge < -0.3 is 10.5 Å². The molecule has 3 nitrogen and oxygen atoms in total. The maximum atomic E-state index is 12.9. The van der Waals surface area contributed by atoms with Gasteiger partial charge in [0.15, 0.2) is 0 Å². The highest BCUT2D eigenvalue weighted by molar-refractivity contribution is 5.75. The summed E-state index contributed by atoms with van der Waals surface area (Å²) in [7, 11) is 0. The monoisotopic (exact) mass is 235 g/mol. The summed E-state index contributed by atoms with van der Waals surface area (Å²) in [4.78, 5) is 11.2. The second-order valence-electron chi connectivity index (χ2n) is 4.39. The molecular formula is C11H19F2NO2. The Labute approximate surface area is 94.3 Å². The van der Waals surface area contributed by atoms with Gasteiger partial charge in [-0.25, -0.2) is 8.78 Å². The first-order valence-electron chi connectivity index (χ1n) is 5.74. The van der Waals surface area contributed by atoms with Crippen molar-refractivity contribution in [2.75, 3.05) is 6.61 Å². The standard InChI is InChI=1S/C11H19F2NO2/c1-2-16-10(15)9(14)7-8-3-5-11(12,13)6-4-8/h8-9H,2-7,14H2,1H3/t9-/m0/s1. The van der Waals surface area contributed by atoms with Crippen LogP contribution in [0.1, 0.15) is 39.0 Å². The third kappa shape index (κ3) is 4.04. The van der Waals surface area contributed by atoms with Gasteiger partial charge in [-0.05, 0) is 32.1 Å². The van der Waals surface area contributed by atoms with Crippen molar-refractivity contribution in [3.63, 3.8) is 0 Å². The Kier molecular flexibility index (Phi) is 4.65. The molecule has 0 radical (unpaired) electrons. The Bertz CT molecular complexity index is 236. The minimum Gasteiger partial charge on any atom is -0.465 e. The summed E-state index contributed by atoms with van der Waals surface area (Å²) in [5.41, 5.74) is 5.64. The van der Waals surface area contributed by atoms with Crippen molar-refractivity contribution in [3.8, 4) is 0 Å². The molecule has 16 heavy (non-hydrogen) atoms. The zero-order chi connectivity index (χ0) is 12.2. The summed E-state index contributed by atoms with van der Waals surface area (Å²) in [5.74, 6) is -2.83. The van der Waals surface area contributed by atoms with E-state index in [0.29, 0.717) is 25.9 Å². The van der Waals surface area contributed by atoms with Crippen LogP contribution in [0.4, 0.5) is 8.78 Å². The van der Waals surface area contributed by atoms with Crippen molar-refractivity contribution in [1.82, 2.24) is 0 Å². The minimum atomic E-state index is -2.52. The number of alkyl halides is 2. The highest BCUT2D eigenvalue weighted by Crippen LogP contribution is 2.37. The molecule has 5 heteroatoms. The van der Waals surface area contributed by atoms with Crippen molar-refractivity contribution >= 4 is 5.97 Å². The van der Waals surface area contributed by atoms with E-state index < -0.39 is 17.9 Å². The van der Waals surface area contributed by atoms with Gasteiger partial charge in [-0.2, -0.15) is 0 Å². The van der Waals surface area contributed by atoms with Crippen LogP contribution in [0.2, 0.25) is 0 Å². The number of carbonyl (C=O) groups excluding carboxylic acids is 1. The summed E-state index contributed by atoms with van der Waals surface area (Å²) in [6.07, 6.45) is 1.16. The van der Waals surface area contributed by atoms with Crippen LogP contribution in [-0.4, -0.2) is 24.5 Å². The Morgan fingerprint density at radius 2 is 2.06 bits per heavy atom. The van der Waals surface area contributed by atoms with Gasteiger partial charge in [0.2, 0.25) is 5.92 Å². The smallest absolute Gasteiger partial charge is 0.322 e. The maximum Gasteiger partial charge on any atom is 0.322 e. The van der Waals surface area contributed by atoms with Crippen molar-refractivity contribution in [1.29, 1.82) is 0 Å². The summed E-state index contributed by atoms with van der Waals surface area (Å²) in [5, 5.41) is 0. The molecule has 0 bridgehead atoms. The van der Waals surface area contributed by atoms with E-state index in [1.54, 1.807) is 6.92 Å². The van der Waals surface area contributed by atoms with Gasteiger partial charge in [0.25, 0.3) is 0 Å². The van der Waals surface area contributed by atoms with Gasteiger partial charge in [0.1, 0.15) is 6.04 Å². The molecule has 0 aromatic rings. The molecule has 0 spiro atoms. The lowest BCUT2D eigenvalue weighted by Gasteiger charge is -2.29. The van der Waals surface area contributed by atoms with Crippen LogP contribution in [0.5, 0.6) is 0 Å². The quantitative estimate of drug-likeness (QED) is 0.759. The fourth-order valence-corrected chi connectivity index (χ4v) is 2.04. The van der Waals surface area contributed by atoms with Crippen LogP contribution in [0, 0.1) is 5.92 Å². The molecule has 94 valence electrons. The van der Waals surface area contributed by atoms with Crippen LogP contribution in [0.25, 0.3) is 0 Å². The molecule has 2 N–H and O–H groups in total. The van der Waals surface area contributed by atoms with Crippen molar-refractivity contribution in [2.24, 2.45) is 11.7 Å². The number of hydrogen-bond acceptors (Lipinski definition) is 3. The van der Waals surface area contributed by atoms with E-state index in [4.69, 9.17) is 10.5 Å². The molecule has 1 aliphatic rings. The van der Waals surface area contributed by atoms with Gasteiger partial charge in [-0.15, -0.1) is 0 Å². The van der Waals surface area contributed by atoms with Crippen LogP contribution < -0.4 is 5.73 Å². The van der Waals surface area contributed by atoms with E-state index in [1.807, 2.05) is 0 Å². The lowest BCUT2D eigenvalue weighted by Crippen LogP contribution is -2.36. The van der Waals surface area contributed by atoms with Crippen molar-refractivity contribution < 1.29 is 18.3 Å². The Morgan fingerprint density at radius 3 is 2.56 bits per heavy atom. The first-order chi connectivity index (χ1) is 7.44. The molecule has 1 atom stereocenters. The summed E-state index contributed by atoms with van der Waals surface area (Å²) < 4.78 is 30.5. The number of esters is 1. The Balaban J connectivity index is 2.30. The van der Waals surface area contributed by atoms with E-state index in [9.17, 15) is 13.6 Å². The molecule has 0 heterocycles. The molecule has 1 rings (SSSR count). The SMILES string of the molecule is CCOC(=O)[C@@H](N)CC1CCC(F)(F)CC1. The van der Waals surface area contributed by atoms with E-state index in [0.717, 1.165) is 0 Å². The molecule has 0 aromatic heterocycles. The molecule has 0 unspecified atom stereocenters. The van der Waals surface area contributed by atoms with Crippen LogP contribution in [-0.2, 0) is 9.53 Å². The van der Waals surface area contributed by atoms with Crippen molar-refractivity contribution in [3.05, 3.63) is 0 Å². The van der Waals surface area contributed by atoms with Gasteiger partial charge >= 0.3 is 5.97 Å². The third-order valence-electron chi connectivity index (χ3n) is 3.01. The van der Waals surface area contributed by atoms with E-state index in [1.165, 1.54) is 0 Å². The highest BCUT2D eigenvalue weighted by atomic mass is 19.3. The predicted molar refractivity (Wildman–Crippen MR) is 56.1 cm³/mol. The molecule has 1 saturated carbocycles. The normalized spacial score (nSPS) is 22.8. The zero-order valence-corrected chi connectivity index (χ0v) is 9.55. The number of halogens is 2. The number of rotatable bonds is 4. The largest absolute Gasteiger partial charge is 0.465 e. The maximum absolute atomic E-state index is 12.9. The zero-order valence-electron chi connectivity index (χ0n) is 9.55.